The van der Waals surface area contributed by atoms with Crippen LogP contribution >= 0.6 is 0 Å². The van der Waals surface area contributed by atoms with E-state index in [9.17, 15) is 0 Å². The minimum Gasteiger partial charge on any atom is -0.494 e. The predicted molar refractivity (Wildman–Crippen MR) is 90.6 cm³/mol. The minimum absolute atomic E-state index is 0.101. The van der Waals surface area contributed by atoms with E-state index in [0.717, 1.165) is 28.4 Å². The summed E-state index contributed by atoms with van der Waals surface area (Å²) < 4.78 is 5.68. The zero-order valence-electron chi connectivity index (χ0n) is 13.3. The summed E-state index contributed by atoms with van der Waals surface area (Å²) in [7, 11) is 0. The minimum atomic E-state index is -0.101. The highest BCUT2D eigenvalue weighted by Crippen LogP contribution is 2.28. The van der Waals surface area contributed by atoms with Crippen LogP contribution in [-0.4, -0.2) is 21.8 Å². The van der Waals surface area contributed by atoms with Crippen molar-refractivity contribution in [2.24, 2.45) is 0 Å². The normalized spacial score (nSPS) is 11.9. The Morgan fingerprint density at radius 2 is 2.00 bits per heavy atom. The Morgan fingerprint density at radius 3 is 2.70 bits per heavy atom. The van der Waals surface area contributed by atoms with Gasteiger partial charge in [-0.3, -0.25) is 5.10 Å². The molecule has 3 rings (SSSR count). The van der Waals surface area contributed by atoms with Crippen molar-refractivity contribution >= 4 is 5.69 Å². The first-order valence-electron chi connectivity index (χ1n) is 7.68. The molecular formula is C18H20N4O. The molecule has 2 N–H and O–H groups in total. The summed E-state index contributed by atoms with van der Waals surface area (Å²) in [6.07, 6.45) is 1.52. The van der Waals surface area contributed by atoms with Crippen LogP contribution in [0.3, 0.4) is 0 Å². The van der Waals surface area contributed by atoms with Crippen molar-refractivity contribution in [1.29, 1.82) is 0 Å². The zero-order valence-corrected chi connectivity index (χ0v) is 13.3. The van der Waals surface area contributed by atoms with E-state index in [-0.39, 0.29) is 6.04 Å². The SMILES string of the molecule is CCOc1cc(NC(c2ccccc2)c2ncn[nH]2)ccc1C. The van der Waals surface area contributed by atoms with E-state index in [2.05, 4.69) is 38.7 Å². The number of aromatic nitrogens is 3. The highest BCUT2D eigenvalue weighted by molar-refractivity contribution is 5.53. The van der Waals surface area contributed by atoms with Gasteiger partial charge >= 0.3 is 0 Å². The summed E-state index contributed by atoms with van der Waals surface area (Å²) in [6.45, 7) is 4.68. The number of H-pyrrole nitrogens is 1. The van der Waals surface area contributed by atoms with E-state index in [1.54, 1.807) is 0 Å². The van der Waals surface area contributed by atoms with Crippen molar-refractivity contribution in [1.82, 2.24) is 15.2 Å². The first-order chi connectivity index (χ1) is 11.3. The fourth-order valence-electron chi connectivity index (χ4n) is 2.48. The second kappa shape index (κ2) is 6.96. The molecule has 0 saturated carbocycles. The Balaban J connectivity index is 1.92. The molecule has 0 aliphatic carbocycles. The summed E-state index contributed by atoms with van der Waals surface area (Å²) in [5.74, 6) is 1.66. The lowest BCUT2D eigenvalue weighted by molar-refractivity contribution is 0.338. The van der Waals surface area contributed by atoms with Crippen molar-refractivity contribution in [3.8, 4) is 5.75 Å². The lowest BCUT2D eigenvalue weighted by Gasteiger charge is -2.19. The molecule has 0 aliphatic heterocycles. The summed E-state index contributed by atoms with van der Waals surface area (Å²) in [6, 6.07) is 16.2. The van der Waals surface area contributed by atoms with Gasteiger partial charge in [-0.05, 0) is 31.0 Å². The molecule has 0 radical (unpaired) electrons. The highest BCUT2D eigenvalue weighted by atomic mass is 16.5. The number of aryl methyl sites for hydroxylation is 1. The second-order valence-corrected chi connectivity index (χ2v) is 5.27. The van der Waals surface area contributed by atoms with E-state index in [0.29, 0.717) is 6.61 Å². The maximum absolute atomic E-state index is 5.68. The smallest absolute Gasteiger partial charge is 0.151 e. The Kier molecular flexibility index (Phi) is 4.57. The average Bonchev–Trinajstić information content (AvgIpc) is 3.11. The van der Waals surface area contributed by atoms with Crippen molar-refractivity contribution < 1.29 is 4.74 Å². The molecule has 0 fully saturated rings. The van der Waals surface area contributed by atoms with Crippen LogP contribution in [0.2, 0.25) is 0 Å². The molecule has 0 bridgehead atoms. The Hall–Kier alpha value is -2.82. The van der Waals surface area contributed by atoms with Crippen LogP contribution in [0, 0.1) is 6.92 Å². The third kappa shape index (κ3) is 3.51. The van der Waals surface area contributed by atoms with Gasteiger partial charge in [-0.1, -0.05) is 36.4 Å². The number of benzene rings is 2. The molecule has 1 unspecified atom stereocenters. The Bertz CT molecular complexity index is 741. The van der Waals surface area contributed by atoms with E-state index in [1.165, 1.54) is 6.33 Å². The highest BCUT2D eigenvalue weighted by Gasteiger charge is 2.17. The molecule has 5 nitrogen and oxygen atoms in total. The van der Waals surface area contributed by atoms with Crippen molar-refractivity contribution in [2.45, 2.75) is 19.9 Å². The fraction of sp³-hybridized carbons (Fsp3) is 0.222. The summed E-state index contributed by atoms with van der Waals surface area (Å²) in [5, 5.41) is 10.4. The molecule has 2 aromatic carbocycles. The summed E-state index contributed by atoms with van der Waals surface area (Å²) in [5.41, 5.74) is 3.21. The Morgan fingerprint density at radius 1 is 1.17 bits per heavy atom. The van der Waals surface area contributed by atoms with Gasteiger partial charge in [-0.15, -0.1) is 0 Å². The topological polar surface area (TPSA) is 62.8 Å². The summed E-state index contributed by atoms with van der Waals surface area (Å²) >= 11 is 0. The standard InChI is InChI=1S/C18H20N4O/c1-3-23-16-11-15(10-9-13(16)2)21-17(18-19-12-20-22-18)14-7-5-4-6-8-14/h4-12,17,21H,3H2,1-2H3,(H,19,20,22). The van der Waals surface area contributed by atoms with Crippen LogP contribution in [0.1, 0.15) is 29.9 Å². The predicted octanol–water partition coefficient (Wildman–Crippen LogP) is 3.71. The van der Waals surface area contributed by atoms with E-state index >= 15 is 0 Å². The van der Waals surface area contributed by atoms with Gasteiger partial charge in [0.05, 0.1) is 6.61 Å². The molecule has 0 amide bonds. The number of nitrogens with zero attached hydrogens (tertiary/aromatic N) is 2. The van der Waals surface area contributed by atoms with Crippen LogP contribution in [0.25, 0.3) is 0 Å². The second-order valence-electron chi connectivity index (χ2n) is 5.27. The van der Waals surface area contributed by atoms with Crippen LogP contribution < -0.4 is 10.1 Å². The first kappa shape index (κ1) is 15.1. The van der Waals surface area contributed by atoms with Gasteiger partial charge in [0.25, 0.3) is 0 Å². The van der Waals surface area contributed by atoms with Crippen molar-refractivity contribution in [3.05, 3.63) is 71.8 Å². The van der Waals surface area contributed by atoms with Crippen LogP contribution in [0.15, 0.2) is 54.9 Å². The summed E-state index contributed by atoms with van der Waals surface area (Å²) in [4.78, 5) is 4.31. The van der Waals surface area contributed by atoms with Gasteiger partial charge in [0.15, 0.2) is 5.82 Å². The molecule has 1 heterocycles. The molecule has 0 aliphatic rings. The number of ether oxygens (including phenoxy) is 1. The number of rotatable bonds is 6. The molecule has 0 saturated heterocycles. The molecule has 5 heteroatoms. The number of anilines is 1. The third-order valence-corrected chi connectivity index (χ3v) is 3.64. The van der Waals surface area contributed by atoms with Gasteiger partial charge in [-0.25, -0.2) is 4.98 Å². The molecule has 118 valence electrons. The van der Waals surface area contributed by atoms with Gasteiger partial charge in [0.1, 0.15) is 18.1 Å². The van der Waals surface area contributed by atoms with E-state index < -0.39 is 0 Å². The lowest BCUT2D eigenvalue weighted by Crippen LogP contribution is -2.14. The molecule has 3 aromatic rings. The fourth-order valence-corrected chi connectivity index (χ4v) is 2.48. The Labute approximate surface area is 135 Å². The molecular weight excluding hydrogens is 288 g/mol. The van der Waals surface area contributed by atoms with Gasteiger partial charge in [-0.2, -0.15) is 5.10 Å². The van der Waals surface area contributed by atoms with Crippen LogP contribution in [0.5, 0.6) is 5.75 Å². The number of nitrogens with one attached hydrogen (secondary N) is 2. The molecule has 0 spiro atoms. The van der Waals surface area contributed by atoms with Gasteiger partial charge < -0.3 is 10.1 Å². The van der Waals surface area contributed by atoms with Crippen LogP contribution in [0.4, 0.5) is 5.69 Å². The molecule has 23 heavy (non-hydrogen) atoms. The molecule has 1 atom stereocenters. The lowest BCUT2D eigenvalue weighted by atomic mass is 10.1. The van der Waals surface area contributed by atoms with Gasteiger partial charge in [0.2, 0.25) is 0 Å². The first-order valence-corrected chi connectivity index (χ1v) is 7.68. The van der Waals surface area contributed by atoms with Crippen molar-refractivity contribution in [3.63, 3.8) is 0 Å². The van der Waals surface area contributed by atoms with Gasteiger partial charge in [0, 0.05) is 11.8 Å². The maximum atomic E-state index is 5.68. The quantitative estimate of drug-likeness (QED) is 0.728. The zero-order chi connectivity index (χ0) is 16.1. The van der Waals surface area contributed by atoms with E-state index in [1.807, 2.05) is 44.2 Å². The average molecular weight is 308 g/mol. The molecule has 1 aromatic heterocycles. The maximum Gasteiger partial charge on any atom is 0.151 e. The van der Waals surface area contributed by atoms with Crippen LogP contribution in [-0.2, 0) is 0 Å². The third-order valence-electron chi connectivity index (χ3n) is 3.64. The monoisotopic (exact) mass is 308 g/mol. The van der Waals surface area contributed by atoms with Crippen molar-refractivity contribution in [2.75, 3.05) is 11.9 Å². The number of hydrogen-bond donors (Lipinski definition) is 2. The number of hydrogen-bond acceptors (Lipinski definition) is 4. The van der Waals surface area contributed by atoms with E-state index in [4.69, 9.17) is 4.74 Å². The number of aromatic amines is 1. The largest absolute Gasteiger partial charge is 0.494 e.